The normalized spacial score (nSPS) is 14.3. The first kappa shape index (κ1) is 18.6. The number of benzene rings is 1. The number of carboxylic acid groups (broad SMARTS) is 2. The molecule has 2 rings (SSSR count). The molecule has 0 amide bonds. The third-order valence-corrected chi connectivity index (χ3v) is 3.00. The van der Waals surface area contributed by atoms with Crippen LogP contribution in [0.4, 0.5) is 0 Å². The average molecular weight is 325 g/mol. The van der Waals surface area contributed by atoms with Crippen LogP contribution in [0.25, 0.3) is 0 Å². The van der Waals surface area contributed by atoms with Gasteiger partial charge in [0.1, 0.15) is 12.4 Å². The van der Waals surface area contributed by atoms with E-state index in [0.29, 0.717) is 17.9 Å². The summed E-state index contributed by atoms with van der Waals surface area (Å²) in [6.45, 7) is 4.98. The summed E-state index contributed by atoms with van der Waals surface area (Å²) in [5, 5.41) is 14.8. The van der Waals surface area contributed by atoms with Gasteiger partial charge in [-0.15, -0.1) is 0 Å². The molecule has 1 saturated heterocycles. The third-order valence-electron chi connectivity index (χ3n) is 3.00. The number of hydrogen-bond donors (Lipinski definition) is 2. The molecule has 1 aromatic rings. The van der Waals surface area contributed by atoms with Gasteiger partial charge in [-0.05, 0) is 12.1 Å². The Bertz CT molecular complexity index is 514. The molecular weight excluding hydrogens is 306 g/mol. The molecular formula is C15H19NO7. The lowest BCUT2D eigenvalue weighted by molar-refractivity contribution is -0.159. The van der Waals surface area contributed by atoms with E-state index in [1.165, 1.54) is 0 Å². The summed E-state index contributed by atoms with van der Waals surface area (Å²) < 4.78 is 10.9. The van der Waals surface area contributed by atoms with Gasteiger partial charge in [-0.2, -0.15) is 0 Å². The van der Waals surface area contributed by atoms with E-state index < -0.39 is 11.9 Å². The summed E-state index contributed by atoms with van der Waals surface area (Å²) >= 11 is 0. The lowest BCUT2D eigenvalue weighted by Crippen LogP contribution is -2.38. The van der Waals surface area contributed by atoms with Crippen molar-refractivity contribution in [2.75, 3.05) is 39.5 Å². The van der Waals surface area contributed by atoms with Gasteiger partial charge in [-0.25, -0.2) is 9.59 Å². The second kappa shape index (κ2) is 10.3. The highest BCUT2D eigenvalue weighted by Crippen LogP contribution is 2.15. The van der Waals surface area contributed by atoms with E-state index >= 15 is 0 Å². The number of para-hydroxylation sites is 1. The van der Waals surface area contributed by atoms with Gasteiger partial charge in [-0.1, -0.05) is 12.1 Å². The fourth-order valence-electron chi connectivity index (χ4n) is 1.82. The molecule has 0 aliphatic carbocycles. The molecule has 2 N–H and O–H groups in total. The van der Waals surface area contributed by atoms with Crippen LogP contribution in [-0.2, 0) is 14.3 Å². The van der Waals surface area contributed by atoms with Crippen molar-refractivity contribution in [1.29, 1.82) is 0 Å². The van der Waals surface area contributed by atoms with Crippen molar-refractivity contribution >= 4 is 18.2 Å². The number of rotatable bonds is 5. The third kappa shape index (κ3) is 7.39. The van der Waals surface area contributed by atoms with Crippen LogP contribution in [0.15, 0.2) is 24.3 Å². The fourth-order valence-corrected chi connectivity index (χ4v) is 1.82. The van der Waals surface area contributed by atoms with E-state index in [0.717, 1.165) is 39.1 Å². The molecule has 1 heterocycles. The SMILES string of the molecule is O=C(O)C(=O)O.O=Cc1ccccc1OCCN1CCOCC1. The predicted octanol–water partition coefficient (Wildman–Crippen LogP) is 0.366. The fraction of sp³-hybridized carbons (Fsp3) is 0.400. The maximum atomic E-state index is 10.8. The van der Waals surface area contributed by atoms with Crippen LogP contribution >= 0.6 is 0 Å². The van der Waals surface area contributed by atoms with Crippen molar-refractivity contribution in [3.8, 4) is 5.75 Å². The molecule has 1 fully saturated rings. The standard InChI is InChI=1S/C13H17NO3.C2H2O4/c15-11-12-3-1-2-4-13(12)17-10-7-14-5-8-16-9-6-14;3-1(4)2(5)6/h1-4,11H,5-10H2;(H,3,4)(H,5,6). The van der Waals surface area contributed by atoms with Crippen LogP contribution < -0.4 is 4.74 Å². The number of nitrogens with zero attached hydrogens (tertiary/aromatic N) is 1. The summed E-state index contributed by atoms with van der Waals surface area (Å²) in [5.74, 6) is -2.99. The highest BCUT2D eigenvalue weighted by molar-refractivity contribution is 6.27. The van der Waals surface area contributed by atoms with E-state index in [1.807, 2.05) is 18.2 Å². The van der Waals surface area contributed by atoms with Gasteiger partial charge in [0.25, 0.3) is 0 Å². The van der Waals surface area contributed by atoms with Gasteiger partial charge in [0.2, 0.25) is 0 Å². The van der Waals surface area contributed by atoms with Crippen LogP contribution in [0.1, 0.15) is 10.4 Å². The Hall–Kier alpha value is -2.45. The molecule has 1 aliphatic rings. The maximum absolute atomic E-state index is 10.8. The van der Waals surface area contributed by atoms with Gasteiger partial charge in [0, 0.05) is 19.6 Å². The van der Waals surface area contributed by atoms with Crippen molar-refractivity contribution in [2.45, 2.75) is 0 Å². The Labute approximate surface area is 133 Å². The first-order chi connectivity index (χ1) is 11.0. The minimum atomic E-state index is -1.82. The van der Waals surface area contributed by atoms with Crippen LogP contribution in [0.2, 0.25) is 0 Å². The molecule has 0 atom stereocenters. The molecule has 8 heteroatoms. The van der Waals surface area contributed by atoms with Gasteiger partial charge in [-0.3, -0.25) is 9.69 Å². The zero-order valence-electron chi connectivity index (χ0n) is 12.5. The Morgan fingerprint density at radius 1 is 1.17 bits per heavy atom. The lowest BCUT2D eigenvalue weighted by Gasteiger charge is -2.26. The molecule has 0 spiro atoms. The number of carboxylic acids is 2. The van der Waals surface area contributed by atoms with Crippen molar-refractivity contribution < 1.29 is 34.1 Å². The predicted molar refractivity (Wildman–Crippen MR) is 79.9 cm³/mol. The molecule has 0 unspecified atom stereocenters. The Morgan fingerprint density at radius 3 is 2.35 bits per heavy atom. The van der Waals surface area contributed by atoms with E-state index in [-0.39, 0.29) is 0 Å². The van der Waals surface area contributed by atoms with Crippen molar-refractivity contribution in [1.82, 2.24) is 4.90 Å². The second-order valence-corrected chi connectivity index (χ2v) is 4.57. The van der Waals surface area contributed by atoms with Crippen molar-refractivity contribution in [3.63, 3.8) is 0 Å². The van der Waals surface area contributed by atoms with Gasteiger partial charge in [0.15, 0.2) is 6.29 Å². The van der Waals surface area contributed by atoms with Gasteiger partial charge in [0.05, 0.1) is 18.8 Å². The average Bonchev–Trinajstić information content (AvgIpc) is 2.57. The quantitative estimate of drug-likeness (QED) is 0.589. The topological polar surface area (TPSA) is 113 Å². The van der Waals surface area contributed by atoms with Gasteiger partial charge < -0.3 is 19.7 Å². The number of carbonyl (C=O) groups excluding carboxylic acids is 1. The summed E-state index contributed by atoms with van der Waals surface area (Å²) in [4.78, 5) is 31.3. The summed E-state index contributed by atoms with van der Waals surface area (Å²) in [7, 11) is 0. The smallest absolute Gasteiger partial charge is 0.414 e. The zero-order valence-corrected chi connectivity index (χ0v) is 12.5. The molecule has 0 bridgehead atoms. The first-order valence-electron chi connectivity index (χ1n) is 6.98. The molecule has 23 heavy (non-hydrogen) atoms. The second-order valence-electron chi connectivity index (χ2n) is 4.57. The van der Waals surface area contributed by atoms with E-state index in [4.69, 9.17) is 29.3 Å². The Balaban J connectivity index is 0.000000379. The molecule has 0 aromatic heterocycles. The Kier molecular flexibility index (Phi) is 8.33. The van der Waals surface area contributed by atoms with Crippen LogP contribution in [0.5, 0.6) is 5.75 Å². The van der Waals surface area contributed by atoms with Crippen molar-refractivity contribution in [3.05, 3.63) is 29.8 Å². The van der Waals surface area contributed by atoms with Crippen LogP contribution in [-0.4, -0.2) is 72.8 Å². The summed E-state index contributed by atoms with van der Waals surface area (Å²) in [6.07, 6.45) is 0.823. The summed E-state index contributed by atoms with van der Waals surface area (Å²) in [5.41, 5.74) is 0.606. The van der Waals surface area contributed by atoms with Crippen LogP contribution in [0, 0.1) is 0 Å². The molecule has 1 aliphatic heterocycles. The number of aldehydes is 1. The molecule has 8 nitrogen and oxygen atoms in total. The van der Waals surface area contributed by atoms with E-state index in [1.54, 1.807) is 6.07 Å². The number of carbonyl (C=O) groups is 3. The first-order valence-corrected chi connectivity index (χ1v) is 6.98. The molecule has 0 saturated carbocycles. The highest BCUT2D eigenvalue weighted by Gasteiger charge is 2.10. The lowest BCUT2D eigenvalue weighted by atomic mass is 10.2. The monoisotopic (exact) mass is 325 g/mol. The van der Waals surface area contributed by atoms with Crippen molar-refractivity contribution in [2.24, 2.45) is 0 Å². The number of hydrogen-bond acceptors (Lipinski definition) is 6. The minimum Gasteiger partial charge on any atom is -0.492 e. The largest absolute Gasteiger partial charge is 0.492 e. The molecule has 1 aromatic carbocycles. The van der Waals surface area contributed by atoms with Crippen LogP contribution in [0.3, 0.4) is 0 Å². The number of aliphatic carboxylic acids is 2. The summed E-state index contributed by atoms with van der Waals surface area (Å²) in [6, 6.07) is 7.29. The minimum absolute atomic E-state index is 0.602. The maximum Gasteiger partial charge on any atom is 0.414 e. The van der Waals surface area contributed by atoms with Gasteiger partial charge >= 0.3 is 11.9 Å². The number of ether oxygens (including phenoxy) is 2. The van der Waals surface area contributed by atoms with E-state index in [2.05, 4.69) is 4.90 Å². The Morgan fingerprint density at radius 2 is 1.78 bits per heavy atom. The molecule has 0 radical (unpaired) electrons. The number of morpholine rings is 1. The zero-order chi connectivity index (χ0) is 17.1. The van der Waals surface area contributed by atoms with E-state index in [9.17, 15) is 4.79 Å². The molecule has 126 valence electrons. The highest BCUT2D eigenvalue weighted by atomic mass is 16.5.